The Morgan fingerprint density at radius 2 is 2.00 bits per heavy atom. The van der Waals surface area contributed by atoms with Crippen LogP contribution in [0.15, 0.2) is 6.07 Å². The zero-order valence-electron chi connectivity index (χ0n) is 11.1. The molecule has 0 aliphatic carbocycles. The number of anilines is 1. The Balaban J connectivity index is 2.89. The van der Waals surface area contributed by atoms with Crippen LogP contribution < -0.4 is 5.73 Å². The number of hydrogen-bond acceptors (Lipinski definition) is 4. The maximum Gasteiger partial charge on any atom is 0.272 e. The summed E-state index contributed by atoms with van der Waals surface area (Å²) in [6.45, 7) is 8.69. The molecule has 0 saturated heterocycles. The van der Waals surface area contributed by atoms with Crippen molar-refractivity contribution in [2.24, 2.45) is 5.41 Å². The number of hydrogen-bond donors (Lipinski definition) is 1. The second-order valence-electron chi connectivity index (χ2n) is 5.47. The summed E-state index contributed by atoms with van der Waals surface area (Å²) < 4.78 is 0. The molecule has 1 aromatic heterocycles. The van der Waals surface area contributed by atoms with Gasteiger partial charge in [0.1, 0.15) is 5.69 Å². The third-order valence-corrected chi connectivity index (χ3v) is 2.15. The molecule has 2 N–H and O–H groups in total. The summed E-state index contributed by atoms with van der Waals surface area (Å²) >= 11 is 0. The molecule has 94 valence electrons. The molecule has 0 bridgehead atoms. The predicted octanol–water partition coefficient (Wildman–Crippen LogP) is 1.49. The average Bonchev–Trinajstić information content (AvgIpc) is 2.12. The first kappa shape index (κ1) is 13.4. The van der Waals surface area contributed by atoms with Crippen molar-refractivity contribution in [3.63, 3.8) is 0 Å². The van der Waals surface area contributed by atoms with Gasteiger partial charge in [-0.3, -0.25) is 4.79 Å². The first-order chi connectivity index (χ1) is 7.69. The normalized spacial score (nSPS) is 11.4. The molecule has 0 atom stereocenters. The zero-order chi connectivity index (χ0) is 13.2. The van der Waals surface area contributed by atoms with Crippen molar-refractivity contribution in [2.45, 2.75) is 27.7 Å². The van der Waals surface area contributed by atoms with Crippen molar-refractivity contribution in [1.82, 2.24) is 14.9 Å². The summed E-state index contributed by atoms with van der Waals surface area (Å²) in [4.78, 5) is 21.7. The molecule has 0 radical (unpaired) electrons. The van der Waals surface area contributed by atoms with Crippen molar-refractivity contribution >= 4 is 11.9 Å². The Bertz CT molecular complexity index is 403. The van der Waals surface area contributed by atoms with Crippen LogP contribution in [0.3, 0.4) is 0 Å². The molecule has 1 heterocycles. The van der Waals surface area contributed by atoms with E-state index in [1.54, 1.807) is 24.9 Å². The van der Waals surface area contributed by atoms with Gasteiger partial charge < -0.3 is 10.6 Å². The Hall–Kier alpha value is -1.65. The van der Waals surface area contributed by atoms with Gasteiger partial charge in [0, 0.05) is 19.3 Å². The van der Waals surface area contributed by atoms with Crippen LogP contribution in [0.5, 0.6) is 0 Å². The Morgan fingerprint density at radius 1 is 1.41 bits per heavy atom. The molecule has 0 fully saturated rings. The van der Waals surface area contributed by atoms with Crippen LogP contribution >= 0.6 is 0 Å². The maximum absolute atomic E-state index is 12.1. The van der Waals surface area contributed by atoms with Crippen LogP contribution in [0.4, 0.5) is 5.95 Å². The van der Waals surface area contributed by atoms with Crippen LogP contribution in [0, 0.1) is 12.3 Å². The Labute approximate surface area is 102 Å². The average molecular weight is 236 g/mol. The molecule has 1 rings (SSSR count). The lowest BCUT2D eigenvalue weighted by molar-refractivity contribution is 0.0739. The molecule has 17 heavy (non-hydrogen) atoms. The first-order valence-corrected chi connectivity index (χ1v) is 5.56. The molecule has 0 aromatic carbocycles. The van der Waals surface area contributed by atoms with E-state index < -0.39 is 0 Å². The summed E-state index contributed by atoms with van der Waals surface area (Å²) in [6, 6.07) is 1.65. The third-order valence-electron chi connectivity index (χ3n) is 2.15. The predicted molar refractivity (Wildman–Crippen MR) is 67.6 cm³/mol. The van der Waals surface area contributed by atoms with Gasteiger partial charge in [0.2, 0.25) is 5.95 Å². The molecule has 1 amide bonds. The van der Waals surface area contributed by atoms with E-state index in [0.29, 0.717) is 17.9 Å². The minimum absolute atomic E-state index is 0.0536. The zero-order valence-corrected chi connectivity index (χ0v) is 11.1. The minimum Gasteiger partial charge on any atom is -0.368 e. The van der Waals surface area contributed by atoms with E-state index in [-0.39, 0.29) is 17.3 Å². The number of aromatic nitrogens is 2. The fourth-order valence-electron chi connectivity index (χ4n) is 1.68. The minimum atomic E-state index is -0.128. The summed E-state index contributed by atoms with van der Waals surface area (Å²) in [5.74, 6) is 0.00892. The van der Waals surface area contributed by atoms with Crippen LogP contribution in [-0.4, -0.2) is 34.4 Å². The molecule has 0 aliphatic heterocycles. The molecule has 0 spiro atoms. The maximum atomic E-state index is 12.1. The van der Waals surface area contributed by atoms with Gasteiger partial charge >= 0.3 is 0 Å². The Morgan fingerprint density at radius 3 is 2.47 bits per heavy atom. The standard InChI is InChI=1S/C12H20N4O/c1-8-6-9(15-11(13)14-8)10(17)16(5)7-12(2,3)4/h6H,7H2,1-5H3,(H2,13,14,15). The third kappa shape index (κ3) is 4.01. The van der Waals surface area contributed by atoms with Gasteiger partial charge in [-0.05, 0) is 18.4 Å². The van der Waals surface area contributed by atoms with Gasteiger partial charge in [-0.1, -0.05) is 20.8 Å². The van der Waals surface area contributed by atoms with Crippen molar-refractivity contribution < 1.29 is 4.79 Å². The summed E-state index contributed by atoms with van der Waals surface area (Å²) in [5.41, 5.74) is 6.63. The number of nitrogen functional groups attached to an aromatic ring is 1. The number of aryl methyl sites for hydroxylation is 1. The van der Waals surface area contributed by atoms with Crippen LogP contribution in [0.25, 0.3) is 0 Å². The molecule has 5 heteroatoms. The number of rotatable bonds is 2. The summed E-state index contributed by atoms with van der Waals surface area (Å²) in [5, 5.41) is 0. The number of carbonyl (C=O) groups excluding carboxylic acids is 1. The highest BCUT2D eigenvalue weighted by atomic mass is 16.2. The highest BCUT2D eigenvalue weighted by molar-refractivity contribution is 5.92. The van der Waals surface area contributed by atoms with E-state index in [1.165, 1.54) is 0 Å². The largest absolute Gasteiger partial charge is 0.368 e. The molecule has 5 nitrogen and oxygen atoms in total. The summed E-state index contributed by atoms with van der Waals surface area (Å²) in [6.07, 6.45) is 0. The van der Waals surface area contributed by atoms with E-state index >= 15 is 0 Å². The van der Waals surface area contributed by atoms with Crippen molar-refractivity contribution in [3.8, 4) is 0 Å². The van der Waals surface area contributed by atoms with Gasteiger partial charge in [-0.15, -0.1) is 0 Å². The van der Waals surface area contributed by atoms with Gasteiger partial charge in [0.05, 0.1) is 0 Å². The lowest BCUT2D eigenvalue weighted by Crippen LogP contribution is -2.35. The molecule has 1 aromatic rings. The van der Waals surface area contributed by atoms with Gasteiger partial charge in [-0.25, -0.2) is 9.97 Å². The van der Waals surface area contributed by atoms with Crippen molar-refractivity contribution in [1.29, 1.82) is 0 Å². The van der Waals surface area contributed by atoms with E-state index in [2.05, 4.69) is 30.7 Å². The molecule has 0 aliphatic rings. The highest BCUT2D eigenvalue weighted by Crippen LogP contribution is 2.15. The molecular weight excluding hydrogens is 216 g/mol. The monoisotopic (exact) mass is 236 g/mol. The first-order valence-electron chi connectivity index (χ1n) is 5.56. The molecular formula is C12H20N4O. The highest BCUT2D eigenvalue weighted by Gasteiger charge is 2.20. The Kier molecular flexibility index (Phi) is 3.70. The van der Waals surface area contributed by atoms with Crippen LogP contribution in [-0.2, 0) is 0 Å². The van der Waals surface area contributed by atoms with Crippen molar-refractivity contribution in [3.05, 3.63) is 17.5 Å². The quantitative estimate of drug-likeness (QED) is 0.844. The topological polar surface area (TPSA) is 72.1 Å². The van der Waals surface area contributed by atoms with E-state index in [9.17, 15) is 4.79 Å². The summed E-state index contributed by atoms with van der Waals surface area (Å²) in [7, 11) is 1.77. The van der Waals surface area contributed by atoms with Crippen LogP contribution in [0.2, 0.25) is 0 Å². The second kappa shape index (κ2) is 4.69. The fourth-order valence-corrected chi connectivity index (χ4v) is 1.68. The van der Waals surface area contributed by atoms with E-state index in [1.807, 2.05) is 0 Å². The van der Waals surface area contributed by atoms with Crippen LogP contribution in [0.1, 0.15) is 37.0 Å². The van der Waals surface area contributed by atoms with Crippen molar-refractivity contribution in [2.75, 3.05) is 19.3 Å². The number of amides is 1. The number of nitrogens with zero attached hydrogens (tertiary/aromatic N) is 3. The number of nitrogens with two attached hydrogens (primary N) is 1. The molecule has 0 unspecified atom stereocenters. The van der Waals surface area contributed by atoms with Gasteiger partial charge in [0.15, 0.2) is 0 Å². The van der Waals surface area contributed by atoms with Gasteiger partial charge in [0.25, 0.3) is 5.91 Å². The van der Waals surface area contributed by atoms with E-state index in [4.69, 9.17) is 5.73 Å². The second-order valence-corrected chi connectivity index (χ2v) is 5.47. The number of carbonyl (C=O) groups is 1. The van der Waals surface area contributed by atoms with E-state index in [0.717, 1.165) is 0 Å². The smallest absolute Gasteiger partial charge is 0.272 e. The molecule has 0 saturated carbocycles. The lowest BCUT2D eigenvalue weighted by atomic mass is 9.96. The lowest BCUT2D eigenvalue weighted by Gasteiger charge is -2.26. The van der Waals surface area contributed by atoms with Gasteiger partial charge in [-0.2, -0.15) is 0 Å². The fraction of sp³-hybridized carbons (Fsp3) is 0.583. The SMILES string of the molecule is Cc1cc(C(=O)N(C)CC(C)(C)C)nc(N)n1.